The molecule has 1 fully saturated rings. The molecule has 82 valence electrons. The van der Waals surface area contributed by atoms with E-state index in [0.717, 1.165) is 10.0 Å². The van der Waals surface area contributed by atoms with Crippen molar-refractivity contribution in [2.24, 2.45) is 0 Å². The van der Waals surface area contributed by atoms with Crippen LogP contribution in [0.4, 0.5) is 0 Å². The summed E-state index contributed by atoms with van der Waals surface area (Å²) in [6, 6.07) is 5.61. The molecule has 1 saturated heterocycles. The van der Waals surface area contributed by atoms with E-state index in [1.807, 2.05) is 18.2 Å². The maximum atomic E-state index is 5.98. The Labute approximate surface area is 107 Å². The van der Waals surface area contributed by atoms with Crippen LogP contribution < -0.4 is 0 Å². The zero-order chi connectivity index (χ0) is 10.8. The van der Waals surface area contributed by atoms with Crippen LogP contribution in [0.15, 0.2) is 22.7 Å². The second-order valence-corrected chi connectivity index (χ2v) is 4.82. The Morgan fingerprint density at radius 3 is 2.87 bits per heavy atom. The summed E-state index contributed by atoms with van der Waals surface area (Å²) in [5, 5.41) is 0.647. The number of alkyl halides is 1. The number of ether oxygens (including phenoxy) is 2. The maximum absolute atomic E-state index is 5.98. The van der Waals surface area contributed by atoms with E-state index in [4.69, 9.17) is 32.7 Å². The molecule has 2 nitrogen and oxygen atoms in total. The quantitative estimate of drug-likeness (QED) is 0.774. The second-order valence-electron chi connectivity index (χ2n) is 3.25. The van der Waals surface area contributed by atoms with Crippen LogP contribution in [0.1, 0.15) is 11.9 Å². The van der Waals surface area contributed by atoms with Gasteiger partial charge in [-0.1, -0.05) is 17.7 Å². The molecule has 0 radical (unpaired) electrons. The van der Waals surface area contributed by atoms with Gasteiger partial charge in [0.2, 0.25) is 0 Å². The van der Waals surface area contributed by atoms with Gasteiger partial charge in [-0.3, -0.25) is 0 Å². The lowest BCUT2D eigenvalue weighted by molar-refractivity contribution is -0.0567. The zero-order valence-electron chi connectivity index (χ0n) is 7.75. The Hall–Kier alpha value is 0.200. The van der Waals surface area contributed by atoms with Crippen LogP contribution in [0, 0.1) is 0 Å². The van der Waals surface area contributed by atoms with E-state index in [1.54, 1.807) is 0 Å². The van der Waals surface area contributed by atoms with Gasteiger partial charge in [0.1, 0.15) is 0 Å². The lowest BCUT2D eigenvalue weighted by Crippen LogP contribution is -2.10. The third-order valence-electron chi connectivity index (χ3n) is 2.14. The van der Waals surface area contributed by atoms with Gasteiger partial charge in [-0.05, 0) is 28.1 Å². The van der Waals surface area contributed by atoms with Crippen LogP contribution in [0.2, 0.25) is 5.02 Å². The lowest BCUT2D eigenvalue weighted by atomic mass is 10.2. The standard InChI is InChI=1S/C10H9BrCl2O2/c11-8-2-1-6(3-9(8)13)10-14-5-7(4-12)15-10/h1-3,7,10H,4-5H2. The van der Waals surface area contributed by atoms with Crippen molar-refractivity contribution in [2.75, 3.05) is 12.5 Å². The normalized spacial score (nSPS) is 25.8. The molecule has 1 aromatic rings. The van der Waals surface area contributed by atoms with E-state index >= 15 is 0 Å². The molecule has 0 aliphatic carbocycles. The fourth-order valence-electron chi connectivity index (χ4n) is 1.36. The van der Waals surface area contributed by atoms with Crippen LogP contribution in [-0.2, 0) is 9.47 Å². The highest BCUT2D eigenvalue weighted by Crippen LogP contribution is 2.31. The summed E-state index contributed by atoms with van der Waals surface area (Å²) in [5.74, 6) is 0.445. The minimum atomic E-state index is -0.348. The maximum Gasteiger partial charge on any atom is 0.184 e. The van der Waals surface area contributed by atoms with Gasteiger partial charge in [0.05, 0.1) is 23.6 Å². The molecule has 2 atom stereocenters. The van der Waals surface area contributed by atoms with Crippen LogP contribution in [0.3, 0.4) is 0 Å². The molecule has 2 rings (SSSR count). The van der Waals surface area contributed by atoms with Gasteiger partial charge in [-0.2, -0.15) is 0 Å². The molecule has 1 aromatic carbocycles. The van der Waals surface area contributed by atoms with Crippen molar-refractivity contribution in [3.05, 3.63) is 33.3 Å². The Morgan fingerprint density at radius 2 is 2.27 bits per heavy atom. The average Bonchev–Trinajstić information content (AvgIpc) is 2.70. The molecule has 1 heterocycles. The predicted octanol–water partition coefficient (Wildman–Crippen LogP) is 3.76. The minimum absolute atomic E-state index is 0.0286. The van der Waals surface area contributed by atoms with Crippen molar-refractivity contribution in [3.63, 3.8) is 0 Å². The largest absolute Gasteiger partial charge is 0.346 e. The first-order valence-corrected chi connectivity index (χ1v) is 6.19. The van der Waals surface area contributed by atoms with Gasteiger partial charge < -0.3 is 9.47 Å². The fraction of sp³-hybridized carbons (Fsp3) is 0.400. The van der Waals surface area contributed by atoms with E-state index in [9.17, 15) is 0 Å². The summed E-state index contributed by atoms with van der Waals surface area (Å²) in [6.45, 7) is 0.530. The van der Waals surface area contributed by atoms with E-state index < -0.39 is 0 Å². The predicted molar refractivity (Wildman–Crippen MR) is 63.4 cm³/mol. The first kappa shape index (κ1) is 11.7. The van der Waals surface area contributed by atoms with Gasteiger partial charge in [0, 0.05) is 10.0 Å². The summed E-state index contributed by atoms with van der Waals surface area (Å²) in [5.41, 5.74) is 0.913. The third kappa shape index (κ3) is 2.66. The van der Waals surface area contributed by atoms with Crippen molar-refractivity contribution in [1.82, 2.24) is 0 Å². The number of rotatable bonds is 2. The average molecular weight is 312 g/mol. The summed E-state index contributed by atoms with van der Waals surface area (Å²) in [6.07, 6.45) is -0.376. The molecule has 0 spiro atoms. The van der Waals surface area contributed by atoms with Crippen molar-refractivity contribution < 1.29 is 9.47 Å². The smallest absolute Gasteiger partial charge is 0.184 e. The highest BCUT2D eigenvalue weighted by molar-refractivity contribution is 9.10. The van der Waals surface area contributed by atoms with E-state index in [2.05, 4.69) is 15.9 Å². The van der Waals surface area contributed by atoms with Gasteiger partial charge >= 0.3 is 0 Å². The highest BCUT2D eigenvalue weighted by Gasteiger charge is 2.26. The van der Waals surface area contributed by atoms with E-state index in [0.29, 0.717) is 17.5 Å². The number of benzene rings is 1. The molecular weight excluding hydrogens is 303 g/mol. The molecular formula is C10H9BrCl2O2. The number of hydrogen-bond donors (Lipinski definition) is 0. The molecule has 0 N–H and O–H groups in total. The van der Waals surface area contributed by atoms with Crippen molar-refractivity contribution >= 4 is 39.1 Å². The van der Waals surface area contributed by atoms with Gasteiger partial charge in [0.15, 0.2) is 6.29 Å². The summed E-state index contributed by atoms with van der Waals surface area (Å²) < 4.78 is 11.9. The Morgan fingerprint density at radius 1 is 1.47 bits per heavy atom. The van der Waals surface area contributed by atoms with E-state index in [-0.39, 0.29) is 12.4 Å². The van der Waals surface area contributed by atoms with Crippen molar-refractivity contribution in [1.29, 1.82) is 0 Å². The monoisotopic (exact) mass is 310 g/mol. The zero-order valence-corrected chi connectivity index (χ0v) is 10.8. The van der Waals surface area contributed by atoms with Gasteiger partial charge in [-0.25, -0.2) is 0 Å². The summed E-state index contributed by atoms with van der Waals surface area (Å²) in [7, 11) is 0. The van der Waals surface area contributed by atoms with Crippen LogP contribution in [0.25, 0.3) is 0 Å². The number of halogens is 3. The highest BCUT2D eigenvalue weighted by atomic mass is 79.9. The Bertz CT molecular complexity index is 359. The molecule has 2 unspecified atom stereocenters. The van der Waals surface area contributed by atoms with Crippen molar-refractivity contribution in [2.45, 2.75) is 12.4 Å². The van der Waals surface area contributed by atoms with Gasteiger partial charge in [0.25, 0.3) is 0 Å². The molecule has 1 aliphatic rings. The molecule has 1 aliphatic heterocycles. The molecule has 0 amide bonds. The first-order valence-electron chi connectivity index (χ1n) is 4.48. The lowest BCUT2D eigenvalue weighted by Gasteiger charge is -2.11. The molecule has 0 bridgehead atoms. The first-order chi connectivity index (χ1) is 7.20. The topological polar surface area (TPSA) is 18.5 Å². The molecule has 15 heavy (non-hydrogen) atoms. The van der Waals surface area contributed by atoms with Crippen molar-refractivity contribution in [3.8, 4) is 0 Å². The molecule has 5 heteroatoms. The Balaban J connectivity index is 2.13. The van der Waals surface area contributed by atoms with E-state index in [1.165, 1.54) is 0 Å². The molecule has 0 aromatic heterocycles. The van der Waals surface area contributed by atoms with Crippen LogP contribution in [0.5, 0.6) is 0 Å². The summed E-state index contributed by atoms with van der Waals surface area (Å²) >= 11 is 15.0. The second kappa shape index (κ2) is 5.02. The van der Waals surface area contributed by atoms with Crippen LogP contribution in [-0.4, -0.2) is 18.6 Å². The summed E-state index contributed by atoms with van der Waals surface area (Å²) in [4.78, 5) is 0. The molecule has 0 saturated carbocycles. The van der Waals surface area contributed by atoms with Crippen LogP contribution >= 0.6 is 39.1 Å². The minimum Gasteiger partial charge on any atom is -0.346 e. The third-order valence-corrected chi connectivity index (χ3v) is 3.71. The Kier molecular flexibility index (Phi) is 3.91. The van der Waals surface area contributed by atoms with Gasteiger partial charge in [-0.15, -0.1) is 11.6 Å². The fourth-order valence-corrected chi connectivity index (χ4v) is 1.96. The number of hydrogen-bond acceptors (Lipinski definition) is 2. The SMILES string of the molecule is ClCC1COC(c2ccc(Br)c(Cl)c2)O1.